The molecule has 98 valence electrons. The van der Waals surface area contributed by atoms with Crippen LogP contribution in [0.1, 0.15) is 6.42 Å². The third-order valence-corrected chi connectivity index (χ3v) is 5.06. The molecule has 0 saturated carbocycles. The first kappa shape index (κ1) is 16.0. The second-order valence-corrected chi connectivity index (χ2v) is 6.40. The van der Waals surface area contributed by atoms with Gasteiger partial charge in [-0.05, 0) is 6.42 Å². The monoisotopic (exact) mass is 254 g/mol. The van der Waals surface area contributed by atoms with Crippen LogP contribution in [0.15, 0.2) is 0 Å². The van der Waals surface area contributed by atoms with E-state index in [0.717, 1.165) is 6.42 Å². The van der Waals surface area contributed by atoms with Crippen LogP contribution >= 0.6 is 0 Å². The lowest BCUT2D eigenvalue weighted by Crippen LogP contribution is -2.42. The molecule has 0 spiro atoms. The third-order valence-electron chi connectivity index (χ3n) is 2.23. The molecule has 0 rings (SSSR count). The Morgan fingerprint density at radius 2 is 1.69 bits per heavy atom. The highest BCUT2D eigenvalue weighted by atomic mass is 28.4. The second kappa shape index (κ2) is 9.05. The predicted molar refractivity (Wildman–Crippen MR) is 60.1 cm³/mol. The molecular formula is C9H22O6Si. The molecule has 6 nitrogen and oxygen atoms in total. The van der Waals surface area contributed by atoms with Crippen LogP contribution in [-0.4, -0.2) is 66.3 Å². The Morgan fingerprint density at radius 1 is 1.12 bits per heavy atom. The molecule has 0 aliphatic heterocycles. The summed E-state index contributed by atoms with van der Waals surface area (Å²) < 4.78 is 20.9. The van der Waals surface area contributed by atoms with E-state index in [9.17, 15) is 0 Å². The molecule has 16 heavy (non-hydrogen) atoms. The lowest BCUT2D eigenvalue weighted by atomic mass is 10.4. The van der Waals surface area contributed by atoms with E-state index in [4.69, 9.17) is 28.2 Å². The summed E-state index contributed by atoms with van der Waals surface area (Å²) in [4.78, 5) is 0. The van der Waals surface area contributed by atoms with E-state index in [-0.39, 0.29) is 13.2 Å². The van der Waals surface area contributed by atoms with Gasteiger partial charge < -0.3 is 28.2 Å². The maximum atomic E-state index is 9.02. The number of aliphatic hydroxyl groups excluding tert-OH is 2. The third kappa shape index (κ3) is 5.90. The van der Waals surface area contributed by atoms with Gasteiger partial charge in [0.15, 0.2) is 0 Å². The minimum absolute atomic E-state index is 0.137. The van der Waals surface area contributed by atoms with Crippen LogP contribution in [0.2, 0.25) is 6.04 Å². The number of aliphatic hydroxyl groups is 2. The minimum atomic E-state index is -2.49. The van der Waals surface area contributed by atoms with Crippen LogP contribution in [0, 0.1) is 0 Å². The molecule has 0 bridgehead atoms. The smallest absolute Gasteiger partial charge is 0.394 e. The molecular weight excluding hydrogens is 232 g/mol. The Kier molecular flexibility index (Phi) is 9.04. The SMILES string of the molecule is CO[Si](CCCOCC(O)CO)(OC)OC. The summed E-state index contributed by atoms with van der Waals surface area (Å²) in [6.07, 6.45) is -0.0887. The topological polar surface area (TPSA) is 77.4 Å². The van der Waals surface area contributed by atoms with Crippen molar-refractivity contribution < 1.29 is 28.2 Å². The van der Waals surface area contributed by atoms with Crippen LogP contribution in [0.3, 0.4) is 0 Å². The zero-order chi connectivity index (χ0) is 12.4. The van der Waals surface area contributed by atoms with Crippen LogP contribution in [0.4, 0.5) is 0 Å². The average molecular weight is 254 g/mol. The number of hydrogen-bond acceptors (Lipinski definition) is 6. The summed E-state index contributed by atoms with van der Waals surface area (Å²) in [5.74, 6) is 0. The van der Waals surface area contributed by atoms with Crippen LogP contribution < -0.4 is 0 Å². The van der Waals surface area contributed by atoms with Crippen LogP contribution in [-0.2, 0) is 18.0 Å². The zero-order valence-corrected chi connectivity index (χ0v) is 11.1. The molecule has 0 aromatic heterocycles. The van der Waals surface area contributed by atoms with Gasteiger partial charge in [0.05, 0.1) is 13.2 Å². The van der Waals surface area contributed by atoms with Crippen molar-refractivity contribution in [2.45, 2.75) is 18.6 Å². The first-order valence-electron chi connectivity index (χ1n) is 5.16. The summed E-state index contributed by atoms with van der Waals surface area (Å²) in [5, 5.41) is 17.6. The van der Waals surface area contributed by atoms with Gasteiger partial charge in [0.1, 0.15) is 6.10 Å². The standard InChI is InChI=1S/C9H22O6Si/c1-12-16(13-2,14-3)6-4-5-15-8-9(11)7-10/h9-11H,4-8H2,1-3H3. The van der Waals surface area contributed by atoms with Crippen molar-refractivity contribution in [2.75, 3.05) is 41.2 Å². The van der Waals surface area contributed by atoms with Gasteiger partial charge in [-0.3, -0.25) is 0 Å². The van der Waals surface area contributed by atoms with Crippen molar-refractivity contribution in [3.05, 3.63) is 0 Å². The maximum Gasteiger partial charge on any atom is 0.500 e. The molecule has 1 atom stereocenters. The van der Waals surface area contributed by atoms with E-state index in [1.165, 1.54) is 0 Å². The van der Waals surface area contributed by atoms with Gasteiger partial charge in [-0.1, -0.05) is 0 Å². The summed E-state index contributed by atoms with van der Waals surface area (Å²) in [6.45, 7) is 0.326. The Balaban J connectivity index is 3.63. The van der Waals surface area contributed by atoms with Crippen molar-refractivity contribution in [3.63, 3.8) is 0 Å². The van der Waals surface area contributed by atoms with E-state index in [1.807, 2.05) is 0 Å². The Hall–Kier alpha value is -0.0231. The zero-order valence-electron chi connectivity index (χ0n) is 10.1. The second-order valence-electron chi connectivity index (χ2n) is 3.31. The van der Waals surface area contributed by atoms with Gasteiger partial charge in [-0.15, -0.1) is 0 Å². The Bertz CT molecular complexity index is 156. The molecule has 1 unspecified atom stereocenters. The molecule has 0 heterocycles. The van der Waals surface area contributed by atoms with E-state index in [2.05, 4.69) is 0 Å². The largest absolute Gasteiger partial charge is 0.500 e. The molecule has 0 radical (unpaired) electrons. The molecule has 0 fully saturated rings. The number of hydrogen-bond donors (Lipinski definition) is 2. The van der Waals surface area contributed by atoms with Crippen molar-refractivity contribution in [3.8, 4) is 0 Å². The lowest BCUT2D eigenvalue weighted by molar-refractivity contribution is 0.00543. The van der Waals surface area contributed by atoms with E-state index >= 15 is 0 Å². The highest BCUT2D eigenvalue weighted by Crippen LogP contribution is 2.14. The van der Waals surface area contributed by atoms with Gasteiger partial charge >= 0.3 is 8.80 Å². The van der Waals surface area contributed by atoms with Crippen molar-refractivity contribution in [2.24, 2.45) is 0 Å². The highest BCUT2D eigenvalue weighted by molar-refractivity contribution is 6.60. The maximum absolute atomic E-state index is 9.02. The quantitative estimate of drug-likeness (QED) is 0.409. The molecule has 7 heteroatoms. The van der Waals surface area contributed by atoms with Gasteiger partial charge in [0, 0.05) is 34.0 Å². The Morgan fingerprint density at radius 3 is 2.12 bits per heavy atom. The highest BCUT2D eigenvalue weighted by Gasteiger charge is 2.36. The number of rotatable bonds is 10. The molecule has 2 N–H and O–H groups in total. The van der Waals surface area contributed by atoms with Crippen LogP contribution in [0.5, 0.6) is 0 Å². The molecule has 0 aliphatic rings. The van der Waals surface area contributed by atoms with Crippen molar-refractivity contribution in [1.29, 1.82) is 0 Å². The molecule has 0 amide bonds. The van der Waals surface area contributed by atoms with E-state index < -0.39 is 14.9 Å². The molecule has 0 aliphatic carbocycles. The lowest BCUT2D eigenvalue weighted by Gasteiger charge is -2.24. The number of ether oxygens (including phenoxy) is 1. The minimum Gasteiger partial charge on any atom is -0.394 e. The van der Waals surface area contributed by atoms with Gasteiger partial charge in [0.25, 0.3) is 0 Å². The van der Waals surface area contributed by atoms with Crippen LogP contribution in [0.25, 0.3) is 0 Å². The fourth-order valence-corrected chi connectivity index (χ4v) is 2.91. The molecule has 0 aromatic carbocycles. The first-order valence-corrected chi connectivity index (χ1v) is 7.09. The fraction of sp³-hybridized carbons (Fsp3) is 1.00. The van der Waals surface area contributed by atoms with Gasteiger partial charge in [-0.2, -0.15) is 0 Å². The van der Waals surface area contributed by atoms with Gasteiger partial charge in [-0.25, -0.2) is 0 Å². The molecule has 0 saturated heterocycles. The Labute approximate surface area is 97.5 Å². The summed E-state index contributed by atoms with van der Waals surface area (Å²) in [5.41, 5.74) is 0. The van der Waals surface area contributed by atoms with E-state index in [1.54, 1.807) is 21.3 Å². The summed E-state index contributed by atoms with van der Waals surface area (Å²) in [7, 11) is 2.20. The van der Waals surface area contributed by atoms with Crippen molar-refractivity contribution in [1.82, 2.24) is 0 Å². The summed E-state index contributed by atoms with van der Waals surface area (Å²) in [6, 6.07) is 0.658. The fourth-order valence-electron chi connectivity index (χ4n) is 1.22. The summed E-state index contributed by atoms with van der Waals surface area (Å²) >= 11 is 0. The average Bonchev–Trinajstić information content (AvgIpc) is 2.34. The molecule has 0 aromatic rings. The van der Waals surface area contributed by atoms with Gasteiger partial charge in [0.2, 0.25) is 0 Å². The van der Waals surface area contributed by atoms with Crippen molar-refractivity contribution >= 4 is 8.80 Å². The predicted octanol–water partition coefficient (Wildman–Crippen LogP) is -0.376. The first-order chi connectivity index (χ1) is 7.64. The normalized spacial score (nSPS) is 14.1. The van der Waals surface area contributed by atoms with E-state index in [0.29, 0.717) is 12.7 Å².